The molecule has 0 heterocycles. The molecule has 7 unspecified atom stereocenters. The summed E-state index contributed by atoms with van der Waals surface area (Å²) in [6.07, 6.45) is 14.4. The fourth-order valence-electron chi connectivity index (χ4n) is 7.07. The van der Waals surface area contributed by atoms with Gasteiger partial charge in [-0.3, -0.25) is 4.79 Å². The van der Waals surface area contributed by atoms with Gasteiger partial charge in [-0.15, -0.1) is 0 Å². The first-order chi connectivity index (χ1) is 11.1. The average molecular weight is 318 g/mol. The SMILES string of the molecule is CC1CC2CCCC(C(=O)NC3C(C)CC4CCCC3C4)(C1)C2. The highest BCUT2D eigenvalue weighted by molar-refractivity contribution is 5.83. The fraction of sp³-hybridized carbons (Fsp3) is 0.952. The van der Waals surface area contributed by atoms with Crippen molar-refractivity contribution in [2.75, 3.05) is 0 Å². The van der Waals surface area contributed by atoms with E-state index in [1.54, 1.807) is 0 Å². The number of fused-ring (bicyclic) bond motifs is 4. The van der Waals surface area contributed by atoms with Crippen molar-refractivity contribution in [3.05, 3.63) is 0 Å². The van der Waals surface area contributed by atoms with E-state index in [1.807, 2.05) is 0 Å². The summed E-state index contributed by atoms with van der Waals surface area (Å²) >= 11 is 0. The predicted molar refractivity (Wildman–Crippen MR) is 93.9 cm³/mol. The fourth-order valence-corrected chi connectivity index (χ4v) is 7.07. The lowest BCUT2D eigenvalue weighted by atomic mass is 9.58. The van der Waals surface area contributed by atoms with Crippen molar-refractivity contribution in [3.63, 3.8) is 0 Å². The highest BCUT2D eigenvalue weighted by Crippen LogP contribution is 2.51. The van der Waals surface area contributed by atoms with Crippen LogP contribution in [0.5, 0.6) is 0 Å². The molecule has 1 amide bonds. The number of rotatable bonds is 2. The van der Waals surface area contributed by atoms with Crippen LogP contribution in [0.3, 0.4) is 0 Å². The number of carbonyl (C=O) groups is 1. The average Bonchev–Trinajstić information content (AvgIpc) is 2.50. The first-order valence-electron chi connectivity index (χ1n) is 10.4. The molecule has 0 aromatic carbocycles. The lowest BCUT2D eigenvalue weighted by Crippen LogP contribution is -2.55. The molecule has 4 bridgehead atoms. The summed E-state index contributed by atoms with van der Waals surface area (Å²) in [5, 5.41) is 3.62. The summed E-state index contributed by atoms with van der Waals surface area (Å²) in [4.78, 5) is 13.3. The molecule has 1 N–H and O–H groups in total. The Morgan fingerprint density at radius 3 is 2.65 bits per heavy atom. The second-order valence-electron chi connectivity index (χ2n) is 9.79. The third-order valence-electron chi connectivity index (χ3n) is 7.85. The minimum Gasteiger partial charge on any atom is -0.352 e. The summed E-state index contributed by atoms with van der Waals surface area (Å²) < 4.78 is 0. The zero-order valence-corrected chi connectivity index (χ0v) is 15.2. The zero-order valence-electron chi connectivity index (χ0n) is 15.2. The van der Waals surface area contributed by atoms with Crippen LogP contribution in [0.25, 0.3) is 0 Å². The highest BCUT2D eigenvalue weighted by Gasteiger charge is 2.48. The quantitative estimate of drug-likeness (QED) is 0.769. The maximum atomic E-state index is 13.3. The van der Waals surface area contributed by atoms with Crippen LogP contribution in [-0.4, -0.2) is 11.9 Å². The molecular formula is C21H35NO. The molecule has 0 aliphatic heterocycles. The molecule has 23 heavy (non-hydrogen) atoms. The second kappa shape index (κ2) is 6.08. The molecule has 2 nitrogen and oxygen atoms in total. The van der Waals surface area contributed by atoms with Gasteiger partial charge in [0.25, 0.3) is 0 Å². The monoisotopic (exact) mass is 317 g/mol. The first kappa shape index (κ1) is 16.0. The van der Waals surface area contributed by atoms with E-state index in [2.05, 4.69) is 19.2 Å². The molecule has 4 fully saturated rings. The Labute approximate surface area is 142 Å². The molecule has 4 aliphatic rings. The van der Waals surface area contributed by atoms with Crippen LogP contribution in [0, 0.1) is 35.0 Å². The van der Waals surface area contributed by atoms with Crippen molar-refractivity contribution in [2.24, 2.45) is 35.0 Å². The van der Waals surface area contributed by atoms with Crippen LogP contribution in [-0.2, 0) is 4.79 Å². The molecule has 0 spiro atoms. The molecule has 2 heteroatoms. The van der Waals surface area contributed by atoms with Gasteiger partial charge in [0.05, 0.1) is 0 Å². The third kappa shape index (κ3) is 2.96. The number of nitrogens with one attached hydrogen (secondary N) is 1. The van der Waals surface area contributed by atoms with E-state index in [4.69, 9.17) is 0 Å². The molecule has 0 aromatic rings. The van der Waals surface area contributed by atoms with Crippen molar-refractivity contribution in [1.82, 2.24) is 5.32 Å². The van der Waals surface area contributed by atoms with Crippen LogP contribution in [0.1, 0.15) is 84.5 Å². The molecule has 0 saturated heterocycles. The zero-order chi connectivity index (χ0) is 16.0. The summed E-state index contributed by atoms with van der Waals surface area (Å²) in [5.41, 5.74) is -0.00812. The minimum atomic E-state index is -0.00812. The van der Waals surface area contributed by atoms with Crippen molar-refractivity contribution >= 4 is 5.91 Å². The Morgan fingerprint density at radius 1 is 0.957 bits per heavy atom. The van der Waals surface area contributed by atoms with Gasteiger partial charge in [0.2, 0.25) is 5.91 Å². The highest BCUT2D eigenvalue weighted by atomic mass is 16.2. The van der Waals surface area contributed by atoms with Gasteiger partial charge < -0.3 is 5.32 Å². The molecule has 4 rings (SSSR count). The Balaban J connectivity index is 1.48. The minimum absolute atomic E-state index is 0.00812. The number of hydrogen-bond acceptors (Lipinski definition) is 1. The van der Waals surface area contributed by atoms with Gasteiger partial charge in [0, 0.05) is 11.5 Å². The molecule has 0 radical (unpaired) electrons. The summed E-state index contributed by atoms with van der Waals surface area (Å²) in [6, 6.07) is 0.464. The number of carbonyl (C=O) groups excluding carboxylic acids is 1. The second-order valence-corrected chi connectivity index (χ2v) is 9.79. The van der Waals surface area contributed by atoms with Crippen LogP contribution < -0.4 is 5.32 Å². The lowest BCUT2D eigenvalue weighted by molar-refractivity contribution is -0.140. The van der Waals surface area contributed by atoms with Gasteiger partial charge in [-0.25, -0.2) is 0 Å². The van der Waals surface area contributed by atoms with E-state index in [-0.39, 0.29) is 5.41 Å². The summed E-state index contributed by atoms with van der Waals surface area (Å²) in [6.45, 7) is 4.76. The molecule has 0 aromatic heterocycles. The summed E-state index contributed by atoms with van der Waals surface area (Å²) in [5.74, 6) is 4.39. The Kier molecular flexibility index (Phi) is 4.22. The van der Waals surface area contributed by atoms with Gasteiger partial charge in [0.1, 0.15) is 0 Å². The Hall–Kier alpha value is -0.530. The lowest BCUT2D eigenvalue weighted by Gasteiger charge is -2.49. The standard InChI is InChI=1S/C21H35NO/c1-14-9-17-6-4-8-21(12-14,13-17)20(23)22-19-15(2)10-16-5-3-7-18(19)11-16/h14-19H,3-13H2,1-2H3,(H,22,23). The largest absolute Gasteiger partial charge is 0.352 e. The van der Waals surface area contributed by atoms with E-state index in [0.717, 1.165) is 36.5 Å². The van der Waals surface area contributed by atoms with Crippen LogP contribution >= 0.6 is 0 Å². The van der Waals surface area contributed by atoms with E-state index in [0.29, 0.717) is 17.9 Å². The number of amides is 1. The maximum Gasteiger partial charge on any atom is 0.226 e. The van der Waals surface area contributed by atoms with Crippen molar-refractivity contribution < 1.29 is 4.79 Å². The van der Waals surface area contributed by atoms with Crippen molar-refractivity contribution in [3.8, 4) is 0 Å². The Morgan fingerprint density at radius 2 is 1.78 bits per heavy atom. The first-order valence-corrected chi connectivity index (χ1v) is 10.4. The molecule has 4 saturated carbocycles. The molecule has 130 valence electrons. The Bertz CT molecular complexity index is 455. The van der Waals surface area contributed by atoms with Gasteiger partial charge >= 0.3 is 0 Å². The topological polar surface area (TPSA) is 29.1 Å². The maximum absolute atomic E-state index is 13.3. The van der Waals surface area contributed by atoms with Crippen LogP contribution in [0.2, 0.25) is 0 Å². The van der Waals surface area contributed by atoms with Gasteiger partial charge in [-0.2, -0.15) is 0 Å². The van der Waals surface area contributed by atoms with Crippen molar-refractivity contribution in [1.29, 1.82) is 0 Å². The van der Waals surface area contributed by atoms with E-state index < -0.39 is 0 Å². The van der Waals surface area contributed by atoms with Crippen LogP contribution in [0.4, 0.5) is 0 Å². The molecule has 4 aliphatic carbocycles. The van der Waals surface area contributed by atoms with Gasteiger partial charge in [0.15, 0.2) is 0 Å². The molecular weight excluding hydrogens is 282 g/mol. The van der Waals surface area contributed by atoms with Gasteiger partial charge in [-0.05, 0) is 74.5 Å². The summed E-state index contributed by atoms with van der Waals surface area (Å²) in [7, 11) is 0. The smallest absolute Gasteiger partial charge is 0.226 e. The van der Waals surface area contributed by atoms with E-state index in [9.17, 15) is 4.79 Å². The van der Waals surface area contributed by atoms with Crippen molar-refractivity contribution in [2.45, 2.75) is 90.5 Å². The van der Waals surface area contributed by atoms with Gasteiger partial charge in [-0.1, -0.05) is 39.5 Å². The van der Waals surface area contributed by atoms with E-state index >= 15 is 0 Å². The predicted octanol–water partition coefficient (Wildman–Crippen LogP) is 4.92. The third-order valence-corrected chi connectivity index (χ3v) is 7.85. The molecule has 7 atom stereocenters. The number of hydrogen-bond donors (Lipinski definition) is 1. The van der Waals surface area contributed by atoms with E-state index in [1.165, 1.54) is 57.8 Å². The normalized spacial score (nSPS) is 49.5. The van der Waals surface area contributed by atoms with Crippen LogP contribution in [0.15, 0.2) is 0 Å².